The molecule has 6 nitrogen and oxygen atoms in total. The Hall–Kier alpha value is -2.25. The Morgan fingerprint density at radius 2 is 1.90 bits per heavy atom. The van der Waals surface area contributed by atoms with Gasteiger partial charge in [-0.1, -0.05) is 41.4 Å². The number of fused-ring (bicyclic) bond motifs is 1. The van der Waals surface area contributed by atoms with E-state index in [0.717, 1.165) is 50.0 Å². The van der Waals surface area contributed by atoms with E-state index in [0.29, 0.717) is 22.2 Å². The van der Waals surface area contributed by atoms with Crippen LogP contribution in [0.1, 0.15) is 29.8 Å². The highest BCUT2D eigenvalue weighted by atomic mass is 35.5. The number of carbonyl (C=O) groups excluding carboxylic acids is 1. The van der Waals surface area contributed by atoms with Gasteiger partial charge in [0.25, 0.3) is 0 Å². The molecule has 2 heterocycles. The number of hydroxylamine groups is 1. The maximum atomic E-state index is 12.1. The highest BCUT2D eigenvalue weighted by Gasteiger charge is 2.20. The Kier molecular flexibility index (Phi) is 7.35. The summed E-state index contributed by atoms with van der Waals surface area (Å²) in [5, 5.41) is 1.92. The minimum atomic E-state index is -0.378. The van der Waals surface area contributed by atoms with Gasteiger partial charge in [-0.05, 0) is 43.5 Å². The van der Waals surface area contributed by atoms with Crippen molar-refractivity contribution in [2.75, 3.05) is 26.2 Å². The van der Waals surface area contributed by atoms with Crippen molar-refractivity contribution in [2.45, 2.75) is 25.4 Å². The van der Waals surface area contributed by atoms with Gasteiger partial charge in [0, 0.05) is 31.1 Å². The minimum Gasteiger partial charge on any atom is -0.490 e. The van der Waals surface area contributed by atoms with Gasteiger partial charge in [-0.25, -0.2) is 5.48 Å². The molecule has 0 saturated carbocycles. The van der Waals surface area contributed by atoms with Gasteiger partial charge in [-0.2, -0.15) is 0 Å². The molecule has 1 N–H and O–H groups in total. The number of amides is 1. The average molecular weight is 463 g/mol. The largest absolute Gasteiger partial charge is 0.490 e. The number of hydrogen-bond acceptors (Lipinski definition) is 5. The lowest BCUT2D eigenvalue weighted by molar-refractivity contribution is 0.0235. The van der Waals surface area contributed by atoms with Gasteiger partial charge in [0.15, 0.2) is 5.76 Å². The smallest absolute Gasteiger partial charge is 0.310 e. The van der Waals surface area contributed by atoms with Crippen LogP contribution in [0.4, 0.5) is 0 Å². The van der Waals surface area contributed by atoms with Gasteiger partial charge in [0.2, 0.25) is 0 Å². The number of benzene rings is 2. The summed E-state index contributed by atoms with van der Waals surface area (Å²) < 4.78 is 11.5. The quantitative estimate of drug-likeness (QED) is 0.361. The molecule has 1 amide bonds. The lowest BCUT2D eigenvalue weighted by atomic mass is 10.1. The lowest BCUT2D eigenvalue weighted by Crippen LogP contribution is -2.39. The number of para-hydroxylation sites is 1. The molecule has 1 aliphatic heterocycles. The summed E-state index contributed by atoms with van der Waals surface area (Å²) in [7, 11) is 0. The van der Waals surface area contributed by atoms with Crippen LogP contribution in [0.5, 0.6) is 5.75 Å². The third kappa shape index (κ3) is 5.92. The zero-order valence-electron chi connectivity index (χ0n) is 17.0. The number of hydrogen-bond donors (Lipinski definition) is 1. The molecular formula is C23H24Cl2N2O4. The third-order valence-electron chi connectivity index (χ3n) is 5.26. The summed E-state index contributed by atoms with van der Waals surface area (Å²) in [5.74, 6) is 0.614. The van der Waals surface area contributed by atoms with Crippen molar-refractivity contribution in [3.05, 3.63) is 64.3 Å². The van der Waals surface area contributed by atoms with Crippen LogP contribution in [-0.2, 0) is 4.84 Å². The molecule has 1 fully saturated rings. The van der Waals surface area contributed by atoms with Crippen molar-refractivity contribution < 1.29 is 18.8 Å². The first-order chi connectivity index (χ1) is 15.1. The van der Waals surface area contributed by atoms with Crippen LogP contribution < -0.4 is 10.2 Å². The van der Waals surface area contributed by atoms with Crippen LogP contribution in [0, 0.1) is 0 Å². The van der Waals surface area contributed by atoms with E-state index in [1.807, 2.05) is 30.3 Å². The Morgan fingerprint density at radius 3 is 2.68 bits per heavy atom. The number of piperidine rings is 1. The Bertz CT molecular complexity index is 998. The fourth-order valence-corrected chi connectivity index (χ4v) is 3.90. The molecule has 31 heavy (non-hydrogen) atoms. The summed E-state index contributed by atoms with van der Waals surface area (Å²) in [5.41, 5.74) is 3.13. The topological polar surface area (TPSA) is 63.9 Å². The molecule has 0 aliphatic carbocycles. The van der Waals surface area contributed by atoms with Crippen molar-refractivity contribution in [1.29, 1.82) is 0 Å². The van der Waals surface area contributed by atoms with Gasteiger partial charge in [-0.3, -0.25) is 9.63 Å². The van der Waals surface area contributed by atoms with E-state index in [1.54, 1.807) is 18.2 Å². The van der Waals surface area contributed by atoms with E-state index in [4.69, 9.17) is 37.2 Å². The molecular weight excluding hydrogens is 439 g/mol. The molecule has 1 saturated heterocycles. The van der Waals surface area contributed by atoms with E-state index in [9.17, 15) is 4.79 Å². The second-order valence-corrected chi connectivity index (χ2v) is 8.33. The number of halogens is 2. The normalized spacial score (nSPS) is 15.3. The molecule has 3 aromatic rings. The van der Waals surface area contributed by atoms with Crippen molar-refractivity contribution in [2.24, 2.45) is 0 Å². The number of nitrogens with zero attached hydrogens (tertiary/aromatic N) is 1. The number of nitrogens with one attached hydrogen (secondary N) is 1. The molecule has 1 aromatic heterocycles. The summed E-state index contributed by atoms with van der Waals surface area (Å²) in [4.78, 5) is 19.8. The van der Waals surface area contributed by atoms with Crippen molar-refractivity contribution in [1.82, 2.24) is 10.4 Å². The van der Waals surface area contributed by atoms with E-state index in [-0.39, 0.29) is 17.8 Å². The molecule has 8 heteroatoms. The zero-order chi connectivity index (χ0) is 21.6. The molecule has 1 aliphatic rings. The Morgan fingerprint density at radius 1 is 1.10 bits per heavy atom. The van der Waals surface area contributed by atoms with Crippen LogP contribution in [0.2, 0.25) is 10.0 Å². The maximum Gasteiger partial charge on any atom is 0.310 e. The fourth-order valence-electron chi connectivity index (χ4n) is 3.61. The van der Waals surface area contributed by atoms with E-state index >= 15 is 0 Å². The summed E-state index contributed by atoms with van der Waals surface area (Å²) in [6.45, 7) is 3.25. The van der Waals surface area contributed by atoms with Gasteiger partial charge in [-0.15, -0.1) is 0 Å². The maximum absolute atomic E-state index is 12.1. The molecule has 0 atom stereocenters. The highest BCUT2D eigenvalue weighted by molar-refractivity contribution is 6.42. The van der Waals surface area contributed by atoms with E-state index in [1.165, 1.54) is 0 Å². The molecule has 4 rings (SSSR count). The van der Waals surface area contributed by atoms with Gasteiger partial charge < -0.3 is 14.1 Å². The summed E-state index contributed by atoms with van der Waals surface area (Å²) in [6.07, 6.45) is 2.89. The van der Waals surface area contributed by atoms with Gasteiger partial charge >= 0.3 is 5.91 Å². The van der Waals surface area contributed by atoms with Crippen LogP contribution >= 0.6 is 23.2 Å². The number of likely N-dealkylation sites (tertiary alicyclic amines) is 1. The Balaban J connectivity index is 1.11. The fraction of sp³-hybridized carbons (Fsp3) is 0.348. The number of rotatable bonds is 8. The van der Waals surface area contributed by atoms with Crippen molar-refractivity contribution in [3.63, 3.8) is 0 Å². The van der Waals surface area contributed by atoms with E-state index in [2.05, 4.69) is 10.4 Å². The number of furan rings is 1. The minimum absolute atomic E-state index is 0.174. The van der Waals surface area contributed by atoms with Crippen LogP contribution in [0.15, 0.2) is 52.9 Å². The predicted octanol–water partition coefficient (Wildman–Crippen LogP) is 5.33. The first kappa shape index (κ1) is 22.0. The number of ether oxygens (including phenoxy) is 1. The van der Waals surface area contributed by atoms with Crippen LogP contribution in [0.3, 0.4) is 0 Å². The average Bonchev–Trinajstić information content (AvgIpc) is 3.22. The monoisotopic (exact) mass is 462 g/mol. The predicted molar refractivity (Wildman–Crippen MR) is 121 cm³/mol. The number of carbonyl (C=O) groups is 1. The summed E-state index contributed by atoms with van der Waals surface area (Å²) in [6, 6.07) is 14.6. The molecule has 0 unspecified atom stereocenters. The second-order valence-electron chi connectivity index (χ2n) is 7.52. The lowest BCUT2D eigenvalue weighted by Gasteiger charge is -2.32. The van der Waals surface area contributed by atoms with Crippen molar-refractivity contribution >= 4 is 40.1 Å². The molecule has 0 spiro atoms. The molecule has 2 aromatic carbocycles. The van der Waals surface area contributed by atoms with Crippen LogP contribution in [0.25, 0.3) is 11.0 Å². The summed E-state index contributed by atoms with van der Waals surface area (Å²) >= 11 is 12.0. The van der Waals surface area contributed by atoms with Gasteiger partial charge in [0.05, 0.1) is 16.7 Å². The first-order valence-corrected chi connectivity index (χ1v) is 11.1. The SMILES string of the molecule is O=C(NOCCCN1CCC(Oc2ccc(Cl)c(Cl)c2)CC1)c1cc2ccccc2o1. The van der Waals surface area contributed by atoms with E-state index < -0.39 is 0 Å². The van der Waals surface area contributed by atoms with Crippen LogP contribution in [-0.4, -0.2) is 43.2 Å². The van der Waals surface area contributed by atoms with Gasteiger partial charge in [0.1, 0.15) is 17.4 Å². The molecule has 0 bridgehead atoms. The molecule has 164 valence electrons. The third-order valence-corrected chi connectivity index (χ3v) is 6.00. The zero-order valence-corrected chi connectivity index (χ0v) is 18.5. The van der Waals surface area contributed by atoms with Crippen molar-refractivity contribution in [3.8, 4) is 5.75 Å². The molecule has 0 radical (unpaired) electrons. The Labute approximate surface area is 191 Å². The second kappa shape index (κ2) is 10.4. The first-order valence-electron chi connectivity index (χ1n) is 10.3. The standard InChI is InChI=1S/C23H24Cl2N2O4/c24-19-7-6-18(15-20(19)25)30-17-8-11-27(12-9-17)10-3-13-29-26-23(28)22-14-16-4-1-2-5-21(16)31-22/h1-2,4-7,14-15,17H,3,8-13H2,(H,26,28). The highest BCUT2D eigenvalue weighted by Crippen LogP contribution is 2.28.